The number of nitrogens with zero attached hydrogens (tertiary/aromatic N) is 2. The summed E-state index contributed by atoms with van der Waals surface area (Å²) in [6.45, 7) is 14.5. The van der Waals surface area contributed by atoms with Gasteiger partial charge in [0.05, 0.1) is 0 Å². The normalized spacial score (nSPS) is 11.5. The summed E-state index contributed by atoms with van der Waals surface area (Å²) in [7, 11) is 0. The molecule has 13 heavy (non-hydrogen) atoms. The van der Waals surface area contributed by atoms with Gasteiger partial charge >= 0.3 is 0 Å². The first-order chi connectivity index (χ1) is 6.06. The molecule has 0 rings (SSSR count). The summed E-state index contributed by atoms with van der Waals surface area (Å²) in [4.78, 5) is 0. The zero-order chi connectivity index (χ0) is 10.3. The van der Waals surface area contributed by atoms with Crippen molar-refractivity contribution in [3.05, 3.63) is 12.7 Å². The van der Waals surface area contributed by atoms with Gasteiger partial charge in [-0.05, 0) is 17.9 Å². The zero-order valence-corrected chi connectivity index (χ0v) is 9.33. The van der Waals surface area contributed by atoms with Gasteiger partial charge in [-0.3, -0.25) is 5.01 Å². The highest BCUT2D eigenvalue weighted by atomic mass is 15.4. The maximum atomic E-state index is 4.31. The molecule has 0 radical (unpaired) electrons. The smallest absolute Gasteiger partial charge is 0.0464 e. The van der Waals surface area contributed by atoms with Crippen molar-refractivity contribution in [2.45, 2.75) is 27.7 Å². The van der Waals surface area contributed by atoms with E-state index in [1.807, 2.05) is 0 Å². The summed E-state index contributed by atoms with van der Waals surface area (Å²) >= 11 is 0. The summed E-state index contributed by atoms with van der Waals surface area (Å²) in [6.07, 6.45) is 3.47. The third-order valence-electron chi connectivity index (χ3n) is 1.49. The molecular weight excluding hydrogens is 160 g/mol. The van der Waals surface area contributed by atoms with Crippen molar-refractivity contribution < 1.29 is 0 Å². The van der Waals surface area contributed by atoms with Gasteiger partial charge in [-0.1, -0.05) is 34.3 Å². The van der Waals surface area contributed by atoms with Crippen LogP contribution in [0.3, 0.4) is 0 Å². The van der Waals surface area contributed by atoms with Crippen LogP contribution >= 0.6 is 0 Å². The van der Waals surface area contributed by atoms with Crippen molar-refractivity contribution in [1.82, 2.24) is 5.01 Å². The largest absolute Gasteiger partial charge is 0.297 e. The quantitative estimate of drug-likeness (QED) is 0.455. The third-order valence-corrected chi connectivity index (χ3v) is 1.49. The molecule has 76 valence electrons. The molecule has 0 aliphatic heterocycles. The average Bonchev–Trinajstić information content (AvgIpc) is 1.98. The summed E-state index contributed by atoms with van der Waals surface area (Å²) in [6, 6.07) is 0. The Morgan fingerprint density at radius 2 is 1.62 bits per heavy atom. The first kappa shape index (κ1) is 12.2. The van der Waals surface area contributed by atoms with Crippen LogP contribution < -0.4 is 0 Å². The SMILES string of the molecule is C=CC=NN(CC(C)C)CC(C)C. The van der Waals surface area contributed by atoms with Crippen LogP contribution in [-0.4, -0.2) is 24.3 Å². The lowest BCUT2D eigenvalue weighted by molar-refractivity contribution is 0.230. The topological polar surface area (TPSA) is 15.6 Å². The molecule has 2 heteroatoms. The first-order valence-electron chi connectivity index (χ1n) is 4.96. The second-order valence-electron chi connectivity index (χ2n) is 4.16. The lowest BCUT2D eigenvalue weighted by Gasteiger charge is -2.22. The highest BCUT2D eigenvalue weighted by molar-refractivity contribution is 5.69. The molecule has 0 N–H and O–H groups in total. The Bertz CT molecular complexity index is 149. The van der Waals surface area contributed by atoms with Crippen molar-refractivity contribution in [3.8, 4) is 0 Å². The molecular formula is C11H22N2. The number of hydrogen-bond acceptors (Lipinski definition) is 2. The molecule has 0 amide bonds. The van der Waals surface area contributed by atoms with E-state index in [0.717, 1.165) is 13.1 Å². The Hall–Kier alpha value is -0.790. The second kappa shape index (κ2) is 6.70. The van der Waals surface area contributed by atoms with Crippen LogP contribution in [0.25, 0.3) is 0 Å². The molecule has 0 saturated heterocycles. The minimum Gasteiger partial charge on any atom is -0.297 e. The number of allylic oxidation sites excluding steroid dienone is 1. The van der Waals surface area contributed by atoms with Crippen molar-refractivity contribution in [1.29, 1.82) is 0 Å². The monoisotopic (exact) mass is 182 g/mol. The van der Waals surface area contributed by atoms with Gasteiger partial charge in [0.15, 0.2) is 0 Å². The maximum absolute atomic E-state index is 4.31. The minimum absolute atomic E-state index is 0.653. The molecule has 0 aromatic rings. The van der Waals surface area contributed by atoms with Gasteiger partial charge in [0.1, 0.15) is 0 Å². The molecule has 0 aliphatic rings. The predicted molar refractivity (Wildman–Crippen MR) is 59.9 cm³/mol. The van der Waals surface area contributed by atoms with Gasteiger partial charge in [0.2, 0.25) is 0 Å². The Morgan fingerprint density at radius 1 is 1.15 bits per heavy atom. The van der Waals surface area contributed by atoms with Crippen LogP contribution in [0.5, 0.6) is 0 Å². The molecule has 0 bridgehead atoms. The van der Waals surface area contributed by atoms with E-state index in [1.165, 1.54) is 0 Å². The van der Waals surface area contributed by atoms with E-state index in [1.54, 1.807) is 12.3 Å². The van der Waals surface area contributed by atoms with E-state index in [0.29, 0.717) is 11.8 Å². The van der Waals surface area contributed by atoms with Gasteiger partial charge < -0.3 is 0 Å². The lowest BCUT2D eigenvalue weighted by atomic mass is 10.2. The van der Waals surface area contributed by atoms with Crippen LogP contribution in [0.15, 0.2) is 17.8 Å². The van der Waals surface area contributed by atoms with E-state index < -0.39 is 0 Å². The number of rotatable bonds is 6. The summed E-state index contributed by atoms with van der Waals surface area (Å²) in [5.74, 6) is 1.31. The Labute approximate surface area is 82.3 Å². The van der Waals surface area contributed by atoms with Crippen LogP contribution in [0.1, 0.15) is 27.7 Å². The van der Waals surface area contributed by atoms with Crippen LogP contribution in [0.4, 0.5) is 0 Å². The molecule has 0 saturated carbocycles. The average molecular weight is 182 g/mol. The van der Waals surface area contributed by atoms with E-state index >= 15 is 0 Å². The third kappa shape index (κ3) is 7.57. The summed E-state index contributed by atoms with van der Waals surface area (Å²) < 4.78 is 0. The lowest BCUT2D eigenvalue weighted by Crippen LogP contribution is -2.26. The fourth-order valence-corrected chi connectivity index (χ4v) is 1.15. The van der Waals surface area contributed by atoms with Crippen LogP contribution in [0.2, 0.25) is 0 Å². The first-order valence-corrected chi connectivity index (χ1v) is 4.96. The molecule has 2 nitrogen and oxygen atoms in total. The molecule has 0 aromatic carbocycles. The molecule has 0 aromatic heterocycles. The predicted octanol–water partition coefficient (Wildman–Crippen LogP) is 2.77. The van der Waals surface area contributed by atoms with E-state index in [-0.39, 0.29) is 0 Å². The summed E-state index contributed by atoms with van der Waals surface area (Å²) in [5.41, 5.74) is 0. The van der Waals surface area contributed by atoms with Gasteiger partial charge in [-0.25, -0.2) is 0 Å². The van der Waals surface area contributed by atoms with Crippen LogP contribution in [-0.2, 0) is 0 Å². The zero-order valence-electron chi connectivity index (χ0n) is 9.33. The summed E-state index contributed by atoms with van der Waals surface area (Å²) in [5, 5.41) is 6.42. The Kier molecular flexibility index (Phi) is 6.29. The van der Waals surface area contributed by atoms with Crippen molar-refractivity contribution >= 4 is 6.21 Å². The molecule has 0 spiro atoms. The van der Waals surface area contributed by atoms with Crippen molar-refractivity contribution in [2.24, 2.45) is 16.9 Å². The Morgan fingerprint density at radius 3 is 1.92 bits per heavy atom. The minimum atomic E-state index is 0.653. The Balaban J connectivity index is 4.02. The van der Waals surface area contributed by atoms with Gasteiger partial charge in [0, 0.05) is 19.3 Å². The highest BCUT2D eigenvalue weighted by Gasteiger charge is 2.05. The van der Waals surface area contributed by atoms with Crippen molar-refractivity contribution in [3.63, 3.8) is 0 Å². The second-order valence-corrected chi connectivity index (χ2v) is 4.16. The molecule has 0 unspecified atom stereocenters. The molecule has 0 atom stereocenters. The van der Waals surface area contributed by atoms with Crippen LogP contribution in [0, 0.1) is 11.8 Å². The van der Waals surface area contributed by atoms with Gasteiger partial charge in [-0.15, -0.1) is 0 Å². The van der Waals surface area contributed by atoms with E-state index in [4.69, 9.17) is 0 Å². The van der Waals surface area contributed by atoms with Crippen molar-refractivity contribution in [2.75, 3.05) is 13.1 Å². The van der Waals surface area contributed by atoms with Gasteiger partial charge in [-0.2, -0.15) is 5.10 Å². The number of hydrogen-bond donors (Lipinski definition) is 0. The van der Waals surface area contributed by atoms with E-state index in [2.05, 4.69) is 44.4 Å². The molecule has 0 heterocycles. The highest BCUT2D eigenvalue weighted by Crippen LogP contribution is 2.03. The fourth-order valence-electron chi connectivity index (χ4n) is 1.15. The molecule has 0 aliphatic carbocycles. The maximum Gasteiger partial charge on any atom is 0.0464 e. The number of hydrazone groups is 1. The standard InChI is InChI=1S/C11H22N2/c1-6-7-12-13(8-10(2)3)9-11(4)5/h6-7,10-11H,1,8-9H2,2-5H3. The van der Waals surface area contributed by atoms with E-state index in [9.17, 15) is 0 Å². The fraction of sp³-hybridized carbons (Fsp3) is 0.727. The molecule has 0 fully saturated rings. The van der Waals surface area contributed by atoms with Gasteiger partial charge in [0.25, 0.3) is 0 Å².